The Balaban J connectivity index is 2.70. The summed E-state index contributed by atoms with van der Waals surface area (Å²) in [6.07, 6.45) is 3.85. The summed E-state index contributed by atoms with van der Waals surface area (Å²) in [7, 11) is 0. The standard InChI is InChI=1S/C12H23NO2/c1-4-13(10(2)3)9-12(11(14)15)7-5-6-8-12/h10H,4-9H2,1-3H3,(H,14,15). The van der Waals surface area contributed by atoms with Crippen LogP contribution in [-0.2, 0) is 4.79 Å². The largest absolute Gasteiger partial charge is 0.481 e. The number of aliphatic carboxylic acids is 1. The Morgan fingerprint density at radius 3 is 2.27 bits per heavy atom. The minimum Gasteiger partial charge on any atom is -0.481 e. The van der Waals surface area contributed by atoms with Gasteiger partial charge >= 0.3 is 5.97 Å². The highest BCUT2D eigenvalue weighted by Crippen LogP contribution is 2.39. The van der Waals surface area contributed by atoms with Gasteiger partial charge in [-0.05, 0) is 33.2 Å². The van der Waals surface area contributed by atoms with E-state index in [0.29, 0.717) is 6.04 Å². The van der Waals surface area contributed by atoms with Crippen molar-refractivity contribution in [3.05, 3.63) is 0 Å². The summed E-state index contributed by atoms with van der Waals surface area (Å²) in [4.78, 5) is 13.6. The number of hydrogen-bond acceptors (Lipinski definition) is 2. The first-order valence-corrected chi connectivity index (χ1v) is 5.99. The van der Waals surface area contributed by atoms with E-state index in [2.05, 4.69) is 25.7 Å². The van der Waals surface area contributed by atoms with Crippen molar-refractivity contribution in [1.82, 2.24) is 4.90 Å². The zero-order valence-corrected chi connectivity index (χ0v) is 10.1. The van der Waals surface area contributed by atoms with Crippen LogP contribution in [0.3, 0.4) is 0 Å². The molecule has 0 bridgehead atoms. The SMILES string of the molecule is CCN(CC1(C(=O)O)CCCC1)C(C)C. The van der Waals surface area contributed by atoms with Gasteiger partial charge < -0.3 is 10.0 Å². The third-order valence-corrected chi connectivity index (χ3v) is 3.66. The second kappa shape index (κ2) is 4.97. The molecule has 0 saturated heterocycles. The predicted octanol–water partition coefficient (Wildman–Crippen LogP) is 2.36. The van der Waals surface area contributed by atoms with E-state index >= 15 is 0 Å². The summed E-state index contributed by atoms with van der Waals surface area (Å²) < 4.78 is 0. The van der Waals surface area contributed by atoms with Gasteiger partial charge in [-0.1, -0.05) is 19.8 Å². The van der Waals surface area contributed by atoms with Gasteiger partial charge in [-0.3, -0.25) is 4.79 Å². The Kier molecular flexibility index (Phi) is 4.14. The molecule has 1 aliphatic rings. The number of carboxylic acids is 1. The first-order valence-electron chi connectivity index (χ1n) is 5.99. The van der Waals surface area contributed by atoms with Gasteiger partial charge in [0.1, 0.15) is 0 Å². The van der Waals surface area contributed by atoms with Gasteiger partial charge in [0.15, 0.2) is 0 Å². The highest BCUT2D eigenvalue weighted by atomic mass is 16.4. The molecule has 0 aliphatic heterocycles. The molecule has 0 unspecified atom stereocenters. The quantitative estimate of drug-likeness (QED) is 0.762. The van der Waals surface area contributed by atoms with Crippen molar-refractivity contribution in [1.29, 1.82) is 0 Å². The second-order valence-electron chi connectivity index (χ2n) is 4.95. The van der Waals surface area contributed by atoms with Crippen molar-refractivity contribution in [3.8, 4) is 0 Å². The molecule has 1 fully saturated rings. The third kappa shape index (κ3) is 2.71. The van der Waals surface area contributed by atoms with Crippen molar-refractivity contribution < 1.29 is 9.90 Å². The van der Waals surface area contributed by atoms with E-state index in [9.17, 15) is 9.90 Å². The number of rotatable bonds is 5. The monoisotopic (exact) mass is 213 g/mol. The van der Waals surface area contributed by atoms with Crippen LogP contribution in [-0.4, -0.2) is 35.1 Å². The Bertz CT molecular complexity index is 220. The van der Waals surface area contributed by atoms with E-state index in [-0.39, 0.29) is 0 Å². The van der Waals surface area contributed by atoms with Crippen molar-refractivity contribution >= 4 is 5.97 Å². The summed E-state index contributed by atoms with van der Waals surface area (Å²) in [5.41, 5.74) is -0.458. The lowest BCUT2D eigenvalue weighted by Gasteiger charge is -2.33. The molecule has 0 spiro atoms. The molecule has 0 radical (unpaired) electrons. The van der Waals surface area contributed by atoms with E-state index in [4.69, 9.17) is 0 Å². The lowest BCUT2D eigenvalue weighted by Crippen LogP contribution is -2.44. The number of nitrogens with zero attached hydrogens (tertiary/aromatic N) is 1. The van der Waals surface area contributed by atoms with Crippen LogP contribution in [0.2, 0.25) is 0 Å². The molecule has 1 aliphatic carbocycles. The summed E-state index contributed by atoms with van der Waals surface area (Å²) in [5, 5.41) is 9.36. The zero-order valence-electron chi connectivity index (χ0n) is 10.1. The third-order valence-electron chi connectivity index (χ3n) is 3.66. The van der Waals surface area contributed by atoms with Crippen LogP contribution in [0.15, 0.2) is 0 Å². The number of carbonyl (C=O) groups is 1. The fourth-order valence-electron chi connectivity index (χ4n) is 2.54. The van der Waals surface area contributed by atoms with Gasteiger partial charge in [-0.2, -0.15) is 0 Å². The molecule has 1 N–H and O–H groups in total. The van der Waals surface area contributed by atoms with Crippen LogP contribution in [0, 0.1) is 5.41 Å². The molecule has 15 heavy (non-hydrogen) atoms. The highest BCUT2D eigenvalue weighted by Gasteiger charge is 2.42. The van der Waals surface area contributed by atoms with E-state index in [0.717, 1.165) is 38.8 Å². The van der Waals surface area contributed by atoms with Crippen LogP contribution < -0.4 is 0 Å². The van der Waals surface area contributed by atoms with Gasteiger partial charge in [0.05, 0.1) is 5.41 Å². The summed E-state index contributed by atoms with van der Waals surface area (Å²) in [6.45, 7) is 8.02. The Hall–Kier alpha value is -0.570. The molecule has 0 aromatic rings. The molecule has 1 rings (SSSR count). The van der Waals surface area contributed by atoms with Crippen LogP contribution in [0.1, 0.15) is 46.5 Å². The maximum absolute atomic E-state index is 11.4. The molecule has 0 aromatic heterocycles. The van der Waals surface area contributed by atoms with Gasteiger partial charge in [0.25, 0.3) is 0 Å². The van der Waals surface area contributed by atoms with Gasteiger partial charge in [0.2, 0.25) is 0 Å². The van der Waals surface area contributed by atoms with E-state index in [1.165, 1.54) is 0 Å². The van der Waals surface area contributed by atoms with E-state index < -0.39 is 11.4 Å². The zero-order chi connectivity index (χ0) is 11.5. The van der Waals surface area contributed by atoms with Gasteiger partial charge in [-0.15, -0.1) is 0 Å². The fourth-order valence-corrected chi connectivity index (χ4v) is 2.54. The van der Waals surface area contributed by atoms with Crippen molar-refractivity contribution in [3.63, 3.8) is 0 Å². The topological polar surface area (TPSA) is 40.5 Å². The van der Waals surface area contributed by atoms with Crippen LogP contribution >= 0.6 is 0 Å². The van der Waals surface area contributed by atoms with E-state index in [1.54, 1.807) is 0 Å². The second-order valence-corrected chi connectivity index (χ2v) is 4.95. The Labute approximate surface area is 92.5 Å². The van der Waals surface area contributed by atoms with Crippen LogP contribution in [0.25, 0.3) is 0 Å². The first kappa shape index (κ1) is 12.5. The maximum atomic E-state index is 11.4. The summed E-state index contributed by atoms with van der Waals surface area (Å²) >= 11 is 0. The molecule has 3 heteroatoms. The lowest BCUT2D eigenvalue weighted by molar-refractivity contribution is -0.150. The average Bonchev–Trinajstić information content (AvgIpc) is 2.63. The van der Waals surface area contributed by atoms with Crippen molar-refractivity contribution in [2.75, 3.05) is 13.1 Å². The molecule has 3 nitrogen and oxygen atoms in total. The highest BCUT2D eigenvalue weighted by molar-refractivity contribution is 5.75. The molecular weight excluding hydrogens is 190 g/mol. The molecule has 0 heterocycles. The van der Waals surface area contributed by atoms with Crippen molar-refractivity contribution in [2.45, 2.75) is 52.5 Å². The summed E-state index contributed by atoms with van der Waals surface area (Å²) in [5.74, 6) is -0.598. The van der Waals surface area contributed by atoms with Gasteiger partial charge in [-0.25, -0.2) is 0 Å². The van der Waals surface area contributed by atoms with Crippen LogP contribution in [0.5, 0.6) is 0 Å². The first-order chi connectivity index (χ1) is 7.02. The maximum Gasteiger partial charge on any atom is 0.310 e. The average molecular weight is 213 g/mol. The summed E-state index contributed by atoms with van der Waals surface area (Å²) in [6, 6.07) is 0.437. The minimum atomic E-state index is -0.598. The lowest BCUT2D eigenvalue weighted by atomic mass is 9.85. The Morgan fingerprint density at radius 1 is 1.40 bits per heavy atom. The molecule has 0 atom stereocenters. The van der Waals surface area contributed by atoms with Gasteiger partial charge in [0, 0.05) is 12.6 Å². The number of carboxylic acid groups (broad SMARTS) is 1. The molecule has 88 valence electrons. The molecule has 1 saturated carbocycles. The van der Waals surface area contributed by atoms with E-state index in [1.807, 2.05) is 0 Å². The minimum absolute atomic E-state index is 0.437. The number of hydrogen-bond donors (Lipinski definition) is 1. The molecular formula is C12H23NO2. The normalized spacial score (nSPS) is 20.1. The van der Waals surface area contributed by atoms with Crippen molar-refractivity contribution in [2.24, 2.45) is 5.41 Å². The molecule has 0 aromatic carbocycles. The smallest absolute Gasteiger partial charge is 0.310 e. The Morgan fingerprint density at radius 2 is 1.93 bits per heavy atom. The van der Waals surface area contributed by atoms with Crippen LogP contribution in [0.4, 0.5) is 0 Å². The predicted molar refractivity (Wildman–Crippen MR) is 60.9 cm³/mol. The molecule has 0 amide bonds. The fraction of sp³-hybridized carbons (Fsp3) is 0.917.